The van der Waals surface area contributed by atoms with Crippen molar-refractivity contribution >= 4 is 11.0 Å². The van der Waals surface area contributed by atoms with Crippen molar-refractivity contribution in [3.05, 3.63) is 90.3 Å². The van der Waals surface area contributed by atoms with Crippen LogP contribution in [-0.2, 0) is 0 Å². The summed E-state index contributed by atoms with van der Waals surface area (Å²) in [5.41, 5.74) is 4.60. The molecular formula is C23H18FN5. The third kappa shape index (κ3) is 3.91. The van der Waals surface area contributed by atoms with E-state index in [2.05, 4.69) is 25.1 Å². The fourth-order valence-electron chi connectivity index (χ4n) is 3.01. The molecule has 0 amide bonds. The summed E-state index contributed by atoms with van der Waals surface area (Å²) >= 11 is 0. The van der Waals surface area contributed by atoms with Crippen LogP contribution in [0.25, 0.3) is 33.5 Å². The van der Waals surface area contributed by atoms with Crippen LogP contribution in [0.3, 0.4) is 0 Å². The normalized spacial score (nSPS) is 10.6. The van der Waals surface area contributed by atoms with Gasteiger partial charge in [-0.3, -0.25) is 4.98 Å². The number of hydrogen-bond acceptors (Lipinski definition) is 5. The van der Waals surface area contributed by atoms with Crippen LogP contribution in [0.5, 0.6) is 0 Å². The molecule has 4 aromatic rings. The van der Waals surface area contributed by atoms with Gasteiger partial charge >= 0.3 is 0 Å². The van der Waals surface area contributed by atoms with Crippen molar-refractivity contribution in [2.24, 2.45) is 0 Å². The number of pyridine rings is 2. The number of aromatic nitrogens is 5. The number of fused-ring (bicyclic) bond motifs is 1. The van der Waals surface area contributed by atoms with Crippen molar-refractivity contribution in [1.29, 1.82) is 0 Å². The van der Waals surface area contributed by atoms with Crippen LogP contribution >= 0.6 is 0 Å². The summed E-state index contributed by atoms with van der Waals surface area (Å²) in [6.45, 7) is 3.83. The van der Waals surface area contributed by atoms with E-state index in [1.807, 2.05) is 38.1 Å². The lowest BCUT2D eigenvalue weighted by molar-refractivity contribution is 0.631. The molecule has 1 aromatic carbocycles. The molecule has 0 fully saturated rings. The van der Waals surface area contributed by atoms with Crippen LogP contribution in [0.4, 0.5) is 4.39 Å². The molecule has 0 atom stereocenters. The quantitative estimate of drug-likeness (QED) is 0.486. The Morgan fingerprint density at radius 1 is 0.862 bits per heavy atom. The summed E-state index contributed by atoms with van der Waals surface area (Å²) < 4.78 is 14.4. The molecule has 5 nitrogen and oxygen atoms in total. The van der Waals surface area contributed by atoms with Crippen molar-refractivity contribution in [3.63, 3.8) is 0 Å². The van der Waals surface area contributed by atoms with E-state index in [0.29, 0.717) is 22.6 Å². The summed E-state index contributed by atoms with van der Waals surface area (Å²) in [4.78, 5) is 13.2. The van der Waals surface area contributed by atoms with Crippen LogP contribution in [0.2, 0.25) is 0 Å². The fourth-order valence-corrected chi connectivity index (χ4v) is 3.01. The van der Waals surface area contributed by atoms with E-state index in [4.69, 9.17) is 0 Å². The lowest BCUT2D eigenvalue weighted by Crippen LogP contribution is -1.96. The van der Waals surface area contributed by atoms with Gasteiger partial charge in [0.15, 0.2) is 5.65 Å². The maximum atomic E-state index is 14.4. The van der Waals surface area contributed by atoms with Gasteiger partial charge in [0.2, 0.25) is 0 Å². The average molecular weight is 383 g/mol. The maximum absolute atomic E-state index is 14.4. The molecule has 0 saturated heterocycles. The smallest absolute Gasteiger partial charge is 0.160 e. The summed E-state index contributed by atoms with van der Waals surface area (Å²) in [5, 5.41) is 9.49. The van der Waals surface area contributed by atoms with Crippen LogP contribution < -0.4 is 0 Å². The van der Waals surface area contributed by atoms with E-state index in [-0.39, 0.29) is 5.82 Å². The first kappa shape index (κ1) is 18.6. The molecule has 0 saturated carbocycles. The highest BCUT2D eigenvalue weighted by Crippen LogP contribution is 2.32. The second-order valence-electron chi connectivity index (χ2n) is 6.62. The van der Waals surface area contributed by atoms with E-state index in [0.717, 1.165) is 22.1 Å². The molecule has 0 radical (unpaired) electrons. The van der Waals surface area contributed by atoms with Crippen molar-refractivity contribution < 1.29 is 4.39 Å². The highest BCUT2D eigenvalue weighted by Gasteiger charge is 2.14. The van der Waals surface area contributed by atoms with Gasteiger partial charge in [0.05, 0.1) is 17.6 Å². The molecule has 0 aliphatic carbocycles. The van der Waals surface area contributed by atoms with E-state index in [1.54, 1.807) is 43.0 Å². The predicted molar refractivity (Wildman–Crippen MR) is 111 cm³/mol. The van der Waals surface area contributed by atoms with Crippen LogP contribution in [0, 0.1) is 19.7 Å². The van der Waals surface area contributed by atoms with Crippen LogP contribution in [-0.4, -0.2) is 25.1 Å². The van der Waals surface area contributed by atoms with E-state index >= 15 is 0 Å². The Kier molecular flexibility index (Phi) is 5.16. The number of halogens is 1. The van der Waals surface area contributed by atoms with E-state index < -0.39 is 0 Å². The number of nitrogens with zero attached hydrogens (tertiary/aromatic N) is 5. The molecule has 0 unspecified atom stereocenters. The lowest BCUT2D eigenvalue weighted by Gasteiger charge is -2.10. The molecule has 142 valence electrons. The molecular weight excluding hydrogens is 365 g/mol. The standard InChI is InChI=1S/C23H18FN5/c1-15-13-25-11-9-16(2)22(29-27-14-15)19-12-21(18-6-3-4-8-20(18)24)28-23-17(19)7-5-10-26-23/h3-14H,1-2H3. The summed E-state index contributed by atoms with van der Waals surface area (Å²) in [6.07, 6.45) is 6.75. The second kappa shape index (κ2) is 8.06. The zero-order chi connectivity index (χ0) is 20.2. The number of rotatable bonds is 2. The molecule has 0 spiro atoms. The molecule has 3 aromatic heterocycles. The summed E-state index contributed by atoms with van der Waals surface area (Å²) in [7, 11) is 0. The lowest BCUT2D eigenvalue weighted by atomic mass is 10.0. The van der Waals surface area contributed by atoms with E-state index in [9.17, 15) is 4.39 Å². The summed E-state index contributed by atoms with van der Waals surface area (Å²) in [6, 6.07) is 14.0. The van der Waals surface area contributed by atoms with Gasteiger partial charge in [-0.15, -0.1) is 0 Å². The van der Waals surface area contributed by atoms with Gasteiger partial charge < -0.3 is 0 Å². The molecule has 29 heavy (non-hydrogen) atoms. The molecule has 0 bridgehead atoms. The van der Waals surface area contributed by atoms with E-state index in [1.165, 1.54) is 6.07 Å². The van der Waals surface area contributed by atoms with Crippen molar-refractivity contribution in [2.75, 3.05) is 0 Å². The Hall–Kier alpha value is -3.80. The third-order valence-electron chi connectivity index (χ3n) is 4.47. The highest BCUT2D eigenvalue weighted by atomic mass is 19.1. The minimum atomic E-state index is -0.340. The third-order valence-corrected chi connectivity index (χ3v) is 4.47. The zero-order valence-corrected chi connectivity index (χ0v) is 16.0. The van der Waals surface area contributed by atoms with Gasteiger partial charge in [0.1, 0.15) is 5.82 Å². The highest BCUT2D eigenvalue weighted by molar-refractivity contribution is 5.94. The largest absolute Gasteiger partial charge is 0.264 e. The number of aryl methyl sites for hydroxylation is 2. The van der Waals surface area contributed by atoms with Gasteiger partial charge in [-0.05, 0) is 61.4 Å². The molecule has 4 rings (SSSR count). The van der Waals surface area contributed by atoms with Gasteiger partial charge in [0, 0.05) is 35.1 Å². The molecule has 6 heteroatoms. The SMILES string of the molecule is Cc1cnccc(C)c(-c2cc(-c3ccccc3F)nc3ncccc23)nnc1. The Bertz CT molecular complexity index is 1250. The van der Waals surface area contributed by atoms with Crippen molar-refractivity contribution in [3.8, 4) is 22.5 Å². The number of benzene rings is 1. The van der Waals surface area contributed by atoms with Gasteiger partial charge in [-0.1, -0.05) is 12.1 Å². The monoisotopic (exact) mass is 383 g/mol. The first-order valence-corrected chi connectivity index (χ1v) is 9.13. The number of hydrogen-bond donors (Lipinski definition) is 0. The minimum Gasteiger partial charge on any atom is -0.264 e. The Labute approximate surface area is 167 Å². The van der Waals surface area contributed by atoms with Crippen molar-refractivity contribution in [2.45, 2.75) is 13.8 Å². The first-order chi connectivity index (χ1) is 14.1. The Morgan fingerprint density at radius 3 is 2.59 bits per heavy atom. The molecule has 3 heterocycles. The van der Waals surface area contributed by atoms with Gasteiger partial charge in [-0.25, -0.2) is 14.4 Å². The van der Waals surface area contributed by atoms with Crippen LogP contribution in [0.15, 0.2) is 73.3 Å². The zero-order valence-electron chi connectivity index (χ0n) is 16.0. The Morgan fingerprint density at radius 2 is 1.72 bits per heavy atom. The topological polar surface area (TPSA) is 64.5 Å². The summed E-state index contributed by atoms with van der Waals surface area (Å²) in [5.74, 6) is -0.340. The fraction of sp³-hybridized carbons (Fsp3) is 0.0870. The predicted octanol–water partition coefficient (Wildman–Crippen LogP) is 5.03. The minimum absolute atomic E-state index is 0.340. The molecule has 0 N–H and O–H groups in total. The molecule has 0 aliphatic rings. The van der Waals surface area contributed by atoms with Gasteiger partial charge in [0.25, 0.3) is 0 Å². The first-order valence-electron chi connectivity index (χ1n) is 9.13. The Balaban J connectivity index is 2.06. The van der Waals surface area contributed by atoms with Gasteiger partial charge in [-0.2, -0.15) is 10.2 Å². The van der Waals surface area contributed by atoms with Crippen LogP contribution in [0.1, 0.15) is 11.1 Å². The molecule has 0 aliphatic heterocycles. The average Bonchev–Trinajstić information content (AvgIpc) is 2.74. The van der Waals surface area contributed by atoms with Crippen molar-refractivity contribution in [1.82, 2.24) is 25.1 Å². The second-order valence-corrected chi connectivity index (χ2v) is 6.62. The maximum Gasteiger partial charge on any atom is 0.160 e.